The summed E-state index contributed by atoms with van der Waals surface area (Å²) in [4.78, 5) is 19.1. The number of esters is 1. The quantitative estimate of drug-likeness (QED) is 0.789. The van der Waals surface area contributed by atoms with Crippen molar-refractivity contribution < 1.29 is 9.53 Å². The van der Waals surface area contributed by atoms with E-state index in [1.54, 1.807) is 4.52 Å². The van der Waals surface area contributed by atoms with Crippen molar-refractivity contribution in [3.8, 4) is 0 Å². The molecule has 5 rings (SSSR count). The fourth-order valence-corrected chi connectivity index (χ4v) is 4.95. The number of fused-ring (bicyclic) bond motifs is 4. The lowest BCUT2D eigenvalue weighted by atomic mass is 9.61. The number of ether oxygens (including phenoxy) is 1. The summed E-state index contributed by atoms with van der Waals surface area (Å²) in [5, 5.41) is 8.08. The summed E-state index contributed by atoms with van der Waals surface area (Å²) < 4.78 is 7.19. The van der Waals surface area contributed by atoms with E-state index in [0.29, 0.717) is 24.3 Å². The van der Waals surface area contributed by atoms with Crippen LogP contribution in [0.5, 0.6) is 0 Å². The summed E-state index contributed by atoms with van der Waals surface area (Å²) >= 11 is 6.21. The Kier molecular flexibility index (Phi) is 4.88. The van der Waals surface area contributed by atoms with Crippen LogP contribution in [0.15, 0.2) is 12.1 Å². The maximum atomic E-state index is 12.7. The Morgan fingerprint density at radius 3 is 2.67 bits per heavy atom. The second-order valence-corrected chi connectivity index (χ2v) is 8.07. The Hall–Kier alpha value is -2.02. The van der Waals surface area contributed by atoms with Gasteiger partial charge in [0.1, 0.15) is 11.3 Å². The lowest BCUT2D eigenvalue weighted by Crippen LogP contribution is -2.52. The zero-order chi connectivity index (χ0) is 19.1. The molecule has 27 heavy (non-hydrogen) atoms. The molecule has 0 unspecified atom stereocenters. The summed E-state index contributed by atoms with van der Waals surface area (Å²) in [5.41, 5.74) is 0.854. The highest BCUT2D eigenvalue weighted by Crippen LogP contribution is 2.47. The maximum absolute atomic E-state index is 12.7. The van der Waals surface area contributed by atoms with Gasteiger partial charge in [0.2, 0.25) is 5.28 Å². The normalized spacial score (nSPS) is 27.0. The molecule has 3 aliphatic carbocycles. The first-order chi connectivity index (χ1) is 13.0. The monoisotopic (exact) mass is 391 g/mol. The molecule has 2 heterocycles. The molecule has 0 aromatic carbocycles. The molecule has 0 spiro atoms. The third kappa shape index (κ3) is 3.22. The summed E-state index contributed by atoms with van der Waals surface area (Å²) in [6.07, 6.45) is 4.47. The van der Waals surface area contributed by atoms with Crippen molar-refractivity contribution >= 4 is 34.7 Å². The molecule has 146 valence electrons. The van der Waals surface area contributed by atoms with Crippen molar-refractivity contribution in [1.29, 1.82) is 0 Å². The van der Waals surface area contributed by atoms with Gasteiger partial charge in [-0.1, -0.05) is 0 Å². The van der Waals surface area contributed by atoms with Gasteiger partial charge in [-0.3, -0.25) is 4.79 Å². The molecule has 7 nitrogen and oxygen atoms in total. The maximum Gasteiger partial charge on any atom is 0.311 e. The minimum absolute atomic E-state index is 0.0176. The van der Waals surface area contributed by atoms with Crippen molar-refractivity contribution in [2.45, 2.75) is 38.6 Å². The van der Waals surface area contributed by atoms with Gasteiger partial charge in [-0.2, -0.15) is 4.98 Å². The molecule has 1 N–H and O–H groups in total. The van der Waals surface area contributed by atoms with Crippen molar-refractivity contribution in [3.05, 3.63) is 17.4 Å². The number of carbonyl (C=O) groups is 1. The SMILES string of the molecule is CCOC(=O)[C@H]1[C@H]2CC[C@H](CC2)[C@@H]1Nc1nc(Cl)nn2c(N(C)C)ccc12. The van der Waals surface area contributed by atoms with Crippen LogP contribution in [0.3, 0.4) is 0 Å². The van der Waals surface area contributed by atoms with E-state index < -0.39 is 0 Å². The first-order valence-electron chi connectivity index (χ1n) is 9.65. The Balaban J connectivity index is 1.70. The molecule has 0 saturated heterocycles. The molecular weight excluding hydrogens is 366 g/mol. The van der Waals surface area contributed by atoms with Crippen LogP contribution in [0.1, 0.15) is 32.6 Å². The highest BCUT2D eigenvalue weighted by atomic mass is 35.5. The molecule has 0 aliphatic heterocycles. The van der Waals surface area contributed by atoms with Crippen molar-refractivity contribution in [2.24, 2.45) is 17.8 Å². The van der Waals surface area contributed by atoms with Crippen LogP contribution in [0.4, 0.5) is 11.6 Å². The van der Waals surface area contributed by atoms with Gasteiger partial charge in [0.05, 0.1) is 12.5 Å². The Morgan fingerprint density at radius 2 is 2.00 bits per heavy atom. The molecule has 0 radical (unpaired) electrons. The fourth-order valence-electron chi connectivity index (χ4n) is 4.79. The van der Waals surface area contributed by atoms with Crippen molar-refractivity contribution in [2.75, 3.05) is 30.9 Å². The van der Waals surface area contributed by atoms with E-state index in [1.165, 1.54) is 0 Å². The lowest BCUT2D eigenvalue weighted by Gasteiger charge is -2.47. The van der Waals surface area contributed by atoms with Gasteiger partial charge in [0.25, 0.3) is 0 Å². The summed E-state index contributed by atoms with van der Waals surface area (Å²) in [7, 11) is 3.92. The number of aromatic nitrogens is 3. The van der Waals surface area contributed by atoms with Gasteiger partial charge in [-0.05, 0) is 68.2 Å². The van der Waals surface area contributed by atoms with Crippen LogP contribution in [-0.2, 0) is 9.53 Å². The van der Waals surface area contributed by atoms with Crippen molar-refractivity contribution in [3.63, 3.8) is 0 Å². The summed E-state index contributed by atoms with van der Waals surface area (Å²) in [5.74, 6) is 2.20. The van der Waals surface area contributed by atoms with Crippen LogP contribution >= 0.6 is 11.6 Å². The van der Waals surface area contributed by atoms with E-state index in [-0.39, 0.29) is 23.2 Å². The number of nitrogens with one attached hydrogen (secondary N) is 1. The van der Waals surface area contributed by atoms with Gasteiger partial charge in [-0.25, -0.2) is 4.52 Å². The summed E-state index contributed by atoms with van der Waals surface area (Å²) in [6.45, 7) is 2.27. The first-order valence-corrected chi connectivity index (χ1v) is 10.0. The fraction of sp³-hybridized carbons (Fsp3) is 0.632. The zero-order valence-corrected chi connectivity index (χ0v) is 16.7. The first kappa shape index (κ1) is 18.3. The van der Waals surface area contributed by atoms with Gasteiger partial charge < -0.3 is 15.0 Å². The average Bonchev–Trinajstić information content (AvgIpc) is 3.07. The number of halogens is 1. The third-order valence-electron chi connectivity index (χ3n) is 6.00. The number of rotatable bonds is 5. The predicted octanol–water partition coefficient (Wildman–Crippen LogP) is 3.23. The number of hydrogen-bond donors (Lipinski definition) is 1. The predicted molar refractivity (Wildman–Crippen MR) is 105 cm³/mol. The molecule has 0 amide bonds. The molecule has 2 aromatic rings. The van der Waals surface area contributed by atoms with Crippen LogP contribution in [-0.4, -0.2) is 47.3 Å². The van der Waals surface area contributed by atoms with Crippen molar-refractivity contribution in [1.82, 2.24) is 14.6 Å². The minimum atomic E-state index is -0.130. The van der Waals surface area contributed by atoms with Crippen LogP contribution < -0.4 is 10.2 Å². The van der Waals surface area contributed by atoms with Gasteiger partial charge in [-0.15, -0.1) is 5.10 Å². The summed E-state index contributed by atoms with van der Waals surface area (Å²) in [6, 6.07) is 3.99. The number of carbonyl (C=O) groups excluding carboxylic acids is 1. The highest BCUT2D eigenvalue weighted by Gasteiger charge is 2.48. The van der Waals surface area contributed by atoms with Crippen LogP contribution in [0.25, 0.3) is 5.52 Å². The topological polar surface area (TPSA) is 71.8 Å². The molecule has 8 heteroatoms. The zero-order valence-electron chi connectivity index (χ0n) is 16.0. The smallest absolute Gasteiger partial charge is 0.311 e. The molecule has 2 bridgehead atoms. The van der Waals surface area contributed by atoms with E-state index in [0.717, 1.165) is 37.0 Å². The molecule has 3 aliphatic rings. The van der Waals surface area contributed by atoms with Gasteiger partial charge in [0.15, 0.2) is 5.82 Å². The minimum Gasteiger partial charge on any atom is -0.466 e. The molecule has 2 atom stereocenters. The Morgan fingerprint density at radius 1 is 1.30 bits per heavy atom. The second kappa shape index (κ2) is 7.19. The van der Waals surface area contributed by atoms with Gasteiger partial charge >= 0.3 is 5.97 Å². The standard InChI is InChI=1S/C19H26ClN5O2/c1-4-27-18(26)15-11-5-7-12(8-6-11)16(15)21-17-13-9-10-14(24(2)3)25(13)23-19(20)22-17/h9-12,15-16H,4-8H2,1-3H3,(H,21,22,23)/t11-,12+,15-,16-/m0/s1. The molecule has 2 aromatic heterocycles. The Labute approximate surface area is 164 Å². The Bertz CT molecular complexity index is 844. The molecule has 3 fully saturated rings. The van der Waals surface area contributed by atoms with Crippen LogP contribution in [0, 0.1) is 17.8 Å². The highest BCUT2D eigenvalue weighted by molar-refractivity contribution is 6.28. The van der Waals surface area contributed by atoms with E-state index in [9.17, 15) is 4.79 Å². The number of hydrogen-bond acceptors (Lipinski definition) is 6. The van der Waals surface area contributed by atoms with E-state index in [1.807, 2.05) is 38.1 Å². The lowest BCUT2D eigenvalue weighted by molar-refractivity contribution is -0.154. The second-order valence-electron chi connectivity index (χ2n) is 7.74. The van der Waals surface area contributed by atoms with E-state index >= 15 is 0 Å². The average molecular weight is 392 g/mol. The number of anilines is 2. The van der Waals surface area contributed by atoms with Gasteiger partial charge in [0, 0.05) is 20.1 Å². The molecule has 3 saturated carbocycles. The number of nitrogens with zero attached hydrogens (tertiary/aromatic N) is 4. The third-order valence-corrected chi connectivity index (χ3v) is 6.16. The van der Waals surface area contributed by atoms with Crippen LogP contribution in [0.2, 0.25) is 5.28 Å². The largest absolute Gasteiger partial charge is 0.466 e. The molecular formula is C19H26ClN5O2. The van der Waals surface area contributed by atoms with E-state index in [4.69, 9.17) is 16.3 Å². The van der Waals surface area contributed by atoms with E-state index in [2.05, 4.69) is 15.4 Å².